The molecule has 2 amide bonds. The zero-order chi connectivity index (χ0) is 38.6. The highest BCUT2D eigenvalue weighted by atomic mass is 32.1. The molecule has 2 aliphatic heterocycles. The first kappa shape index (κ1) is 40.5. The number of aliphatic hydroxyl groups is 2. The van der Waals surface area contributed by atoms with E-state index < -0.39 is 63.8 Å². The molecule has 0 aromatic carbocycles. The van der Waals surface area contributed by atoms with Crippen LogP contribution in [0.2, 0.25) is 0 Å². The molecule has 17 heteroatoms. The number of halogens is 7. The summed E-state index contributed by atoms with van der Waals surface area (Å²) in [5.41, 5.74) is -5.56. The van der Waals surface area contributed by atoms with Gasteiger partial charge in [0.05, 0.1) is 23.8 Å². The maximum atomic E-state index is 16.8. The molecule has 0 unspecified atom stereocenters. The molecule has 0 saturated carbocycles. The van der Waals surface area contributed by atoms with Crippen LogP contribution < -0.4 is 4.74 Å². The summed E-state index contributed by atoms with van der Waals surface area (Å²) in [6.45, 7) is 1.56. The minimum Gasteiger partial charge on any atom is -0.498 e. The van der Waals surface area contributed by atoms with Gasteiger partial charge in [-0.2, -0.15) is 26.3 Å². The zero-order valence-electron chi connectivity index (χ0n) is 29.0. The predicted octanol–water partition coefficient (Wildman–Crippen LogP) is 7.45. The van der Waals surface area contributed by atoms with Gasteiger partial charge in [0.15, 0.2) is 6.29 Å². The number of rotatable bonds is 12. The molecular weight excluding hydrogens is 735 g/mol. The number of aromatic nitrogens is 1. The number of amides is 2. The summed E-state index contributed by atoms with van der Waals surface area (Å²) >= 11 is 0.352. The smallest absolute Gasteiger partial charge is 0.425 e. The Morgan fingerprint density at radius 3 is 2.47 bits per heavy atom. The molecule has 2 fully saturated rings. The summed E-state index contributed by atoms with van der Waals surface area (Å²) in [6.07, 6.45) is -4.44. The number of likely N-dealkylation sites (tertiary alicyclic amines) is 2. The van der Waals surface area contributed by atoms with E-state index in [0.29, 0.717) is 54.4 Å². The molecule has 2 aromatic rings. The number of hydrogen-bond donors (Lipinski definition) is 2. The third-order valence-electron chi connectivity index (χ3n) is 9.89. The molecule has 2 N–H and O–H groups in total. The van der Waals surface area contributed by atoms with Crippen LogP contribution in [-0.4, -0.2) is 86.7 Å². The van der Waals surface area contributed by atoms with Crippen LogP contribution in [0, 0.1) is 0 Å². The molecular formula is C36H42F7N3O6S. The fourth-order valence-electron chi connectivity index (χ4n) is 7.36. The van der Waals surface area contributed by atoms with Crippen LogP contribution >= 0.6 is 11.3 Å². The van der Waals surface area contributed by atoms with Crippen molar-refractivity contribution in [3.8, 4) is 5.75 Å². The SMILES string of the molecule is CCC[C@H]1N(C(=O)c2cnccc2C(F)(F)F)CCC[C@@]1(Oc1csc(C(F)(F)F)c1)C(=O)N1CCC(F)(C2=C(OCCCC(O)O)CCC=C2)CC1. The number of alkyl halides is 7. The third kappa shape index (κ3) is 8.99. The number of ether oxygens (including phenoxy) is 2. The first-order valence-electron chi connectivity index (χ1n) is 17.5. The van der Waals surface area contributed by atoms with E-state index in [2.05, 4.69) is 4.98 Å². The van der Waals surface area contributed by atoms with Gasteiger partial charge >= 0.3 is 12.4 Å². The van der Waals surface area contributed by atoms with Gasteiger partial charge in [0, 0.05) is 81.2 Å². The number of hydrogen-bond acceptors (Lipinski definition) is 8. The standard InChI is InChI=1S/C36H42F7N3O6S/c1-2-7-28-34(52-23-20-29(53-22-23)36(41,42)43,12-6-16-46(28)31(49)24-21-44-15-11-25(24)35(38,39)40)32(50)45-17-13-33(37,14-18-45)26-8-3-4-9-27(26)51-19-5-10-30(47)48/h3,8,11,15,20-22,28,30,47-48H,2,4-7,9-10,12-14,16-19H2,1H3/t28-,34+/m1/s1. The molecule has 4 heterocycles. The number of nitrogens with zero attached hydrogens (tertiary/aromatic N) is 3. The second-order valence-corrected chi connectivity index (χ2v) is 14.4. The van der Waals surface area contributed by atoms with Crippen LogP contribution in [0.4, 0.5) is 30.7 Å². The Balaban J connectivity index is 1.47. The lowest BCUT2D eigenvalue weighted by atomic mass is 9.78. The number of pyridine rings is 1. The van der Waals surface area contributed by atoms with Crippen LogP contribution in [0.5, 0.6) is 5.75 Å². The fraction of sp³-hybridized carbons (Fsp3) is 0.583. The van der Waals surface area contributed by atoms with E-state index in [4.69, 9.17) is 19.7 Å². The average molecular weight is 778 g/mol. The van der Waals surface area contributed by atoms with E-state index in [-0.39, 0.29) is 70.5 Å². The van der Waals surface area contributed by atoms with Crippen LogP contribution in [0.25, 0.3) is 0 Å². The number of thiophene rings is 1. The maximum Gasteiger partial charge on any atom is 0.425 e. The van der Waals surface area contributed by atoms with Gasteiger partial charge in [-0.15, -0.1) is 11.3 Å². The Labute approximate surface area is 306 Å². The van der Waals surface area contributed by atoms with Crippen molar-refractivity contribution in [2.24, 2.45) is 0 Å². The highest BCUT2D eigenvalue weighted by Gasteiger charge is 2.57. The Morgan fingerprint density at radius 1 is 1.09 bits per heavy atom. The quantitative estimate of drug-likeness (QED) is 0.131. The van der Waals surface area contributed by atoms with Crippen LogP contribution in [0.1, 0.15) is 91.9 Å². The summed E-state index contributed by atoms with van der Waals surface area (Å²) in [5, 5.41) is 19.4. The molecule has 1 aliphatic carbocycles. The molecule has 2 saturated heterocycles. The number of aliphatic hydroxyl groups excluding tert-OH is 1. The molecule has 292 valence electrons. The first-order chi connectivity index (χ1) is 25.0. The second-order valence-electron chi connectivity index (χ2n) is 13.5. The van der Waals surface area contributed by atoms with Gasteiger partial charge in [-0.3, -0.25) is 14.6 Å². The lowest BCUT2D eigenvalue weighted by Gasteiger charge is -2.51. The Bertz CT molecular complexity index is 1670. The van der Waals surface area contributed by atoms with Crippen LogP contribution in [0.3, 0.4) is 0 Å². The van der Waals surface area contributed by atoms with E-state index in [0.717, 1.165) is 28.7 Å². The summed E-state index contributed by atoms with van der Waals surface area (Å²) in [5.74, 6) is -1.61. The number of carbonyl (C=O) groups excluding carboxylic acids is 2. The Hall–Kier alpha value is -3.70. The van der Waals surface area contributed by atoms with Gasteiger partial charge in [0.25, 0.3) is 11.8 Å². The molecule has 3 aliphatic rings. The molecule has 0 radical (unpaired) electrons. The van der Waals surface area contributed by atoms with Crippen molar-refractivity contribution in [3.63, 3.8) is 0 Å². The highest BCUT2D eigenvalue weighted by Crippen LogP contribution is 2.45. The topological polar surface area (TPSA) is 112 Å². The third-order valence-corrected chi connectivity index (χ3v) is 10.8. The molecule has 0 bridgehead atoms. The predicted molar refractivity (Wildman–Crippen MR) is 179 cm³/mol. The molecule has 2 aromatic heterocycles. The minimum atomic E-state index is -4.90. The molecule has 9 nitrogen and oxygen atoms in total. The van der Waals surface area contributed by atoms with Crippen molar-refractivity contribution < 1.29 is 60.0 Å². The van der Waals surface area contributed by atoms with E-state index in [1.807, 2.05) is 6.08 Å². The highest BCUT2D eigenvalue weighted by molar-refractivity contribution is 7.10. The van der Waals surface area contributed by atoms with Gasteiger partial charge in [-0.05, 0) is 31.7 Å². The van der Waals surface area contributed by atoms with Crippen LogP contribution in [0.15, 0.2) is 53.4 Å². The van der Waals surface area contributed by atoms with E-state index >= 15 is 4.39 Å². The fourth-order valence-corrected chi connectivity index (χ4v) is 8.03. The van der Waals surface area contributed by atoms with Crippen LogP contribution in [-0.2, 0) is 21.9 Å². The molecule has 53 heavy (non-hydrogen) atoms. The lowest BCUT2D eigenvalue weighted by Crippen LogP contribution is -2.68. The summed E-state index contributed by atoms with van der Waals surface area (Å²) in [7, 11) is 0. The first-order valence-corrected chi connectivity index (χ1v) is 18.4. The lowest BCUT2D eigenvalue weighted by molar-refractivity contribution is -0.161. The van der Waals surface area contributed by atoms with Crippen molar-refractivity contribution in [1.82, 2.24) is 14.8 Å². The van der Waals surface area contributed by atoms with E-state index in [1.165, 1.54) is 4.90 Å². The van der Waals surface area contributed by atoms with Gasteiger partial charge < -0.3 is 29.5 Å². The molecule has 5 rings (SSSR count). The number of carbonyl (C=O) groups is 2. The summed E-state index contributed by atoms with van der Waals surface area (Å²) < 4.78 is 112. The van der Waals surface area contributed by atoms with Gasteiger partial charge in [0.1, 0.15) is 22.1 Å². The van der Waals surface area contributed by atoms with E-state index in [1.54, 1.807) is 13.0 Å². The molecule has 0 spiro atoms. The van der Waals surface area contributed by atoms with Crippen molar-refractivity contribution in [1.29, 1.82) is 0 Å². The monoisotopic (exact) mass is 777 g/mol. The van der Waals surface area contributed by atoms with Crippen molar-refractivity contribution in [2.75, 3.05) is 26.2 Å². The minimum absolute atomic E-state index is 0.0559. The van der Waals surface area contributed by atoms with Crippen molar-refractivity contribution in [2.45, 2.75) is 107 Å². The summed E-state index contributed by atoms with van der Waals surface area (Å²) in [6, 6.07) is 0.226. The largest absolute Gasteiger partial charge is 0.498 e. The Kier molecular flexibility index (Phi) is 12.5. The maximum absolute atomic E-state index is 16.8. The van der Waals surface area contributed by atoms with Gasteiger partial charge in [0.2, 0.25) is 5.60 Å². The normalized spacial score (nSPS) is 22.4. The second kappa shape index (κ2) is 16.3. The Morgan fingerprint density at radius 2 is 1.83 bits per heavy atom. The number of piperidine rings is 2. The van der Waals surface area contributed by atoms with Crippen molar-refractivity contribution >= 4 is 23.2 Å². The van der Waals surface area contributed by atoms with Gasteiger partial charge in [-0.25, -0.2) is 4.39 Å². The zero-order valence-corrected chi connectivity index (χ0v) is 29.8. The number of allylic oxidation sites excluding steroid dienone is 4. The molecule has 2 atom stereocenters. The summed E-state index contributed by atoms with van der Waals surface area (Å²) in [4.78, 5) is 34.1. The average Bonchev–Trinajstić information content (AvgIpc) is 3.60. The van der Waals surface area contributed by atoms with E-state index in [9.17, 15) is 35.9 Å². The van der Waals surface area contributed by atoms with Crippen molar-refractivity contribution in [3.05, 3.63) is 69.4 Å². The van der Waals surface area contributed by atoms with Gasteiger partial charge in [-0.1, -0.05) is 25.5 Å².